The minimum atomic E-state index is 0.856. The first-order valence-electron chi connectivity index (χ1n) is 17.2. The summed E-state index contributed by atoms with van der Waals surface area (Å²) in [6.07, 6.45) is 3.68. The Morgan fingerprint density at radius 1 is 0.353 bits per heavy atom. The number of pyridine rings is 1. The molecule has 2 aromatic heterocycles. The SMILES string of the molecule is c1cncc(-c2ccc(-c3ccc4nn(-c5ccc(-c6c7ccccc7c(-c7ccc8ccccc8c7)c7ccccc67)cc5)nc4c3)cc2)c1. The Bertz CT molecular complexity index is 2830. The van der Waals surface area contributed by atoms with Crippen molar-refractivity contribution in [2.45, 2.75) is 0 Å². The Balaban J connectivity index is 1.02. The Morgan fingerprint density at radius 3 is 1.57 bits per heavy atom. The first-order chi connectivity index (χ1) is 25.3. The summed E-state index contributed by atoms with van der Waals surface area (Å²) < 4.78 is 0. The summed E-state index contributed by atoms with van der Waals surface area (Å²) in [6.45, 7) is 0. The molecule has 0 fully saturated rings. The zero-order valence-electron chi connectivity index (χ0n) is 27.6. The first-order valence-corrected chi connectivity index (χ1v) is 17.2. The number of nitrogens with zero attached hydrogens (tertiary/aromatic N) is 4. The van der Waals surface area contributed by atoms with Crippen molar-refractivity contribution in [3.05, 3.63) is 182 Å². The Morgan fingerprint density at radius 2 is 0.902 bits per heavy atom. The maximum atomic E-state index is 4.90. The van der Waals surface area contributed by atoms with Gasteiger partial charge in [0.2, 0.25) is 0 Å². The highest BCUT2D eigenvalue weighted by molar-refractivity contribution is 6.21. The molecule has 0 amide bonds. The molecule has 0 unspecified atom stereocenters. The van der Waals surface area contributed by atoms with Gasteiger partial charge in [-0.2, -0.15) is 4.80 Å². The van der Waals surface area contributed by atoms with Gasteiger partial charge < -0.3 is 0 Å². The lowest BCUT2D eigenvalue weighted by molar-refractivity contribution is 0.766. The number of rotatable bonds is 5. The van der Waals surface area contributed by atoms with Gasteiger partial charge >= 0.3 is 0 Å². The summed E-state index contributed by atoms with van der Waals surface area (Å²) in [7, 11) is 0. The molecule has 0 saturated heterocycles. The van der Waals surface area contributed by atoms with E-state index in [1.807, 2.05) is 18.3 Å². The molecule has 51 heavy (non-hydrogen) atoms. The highest BCUT2D eigenvalue weighted by Gasteiger charge is 2.17. The van der Waals surface area contributed by atoms with E-state index in [-0.39, 0.29) is 0 Å². The third-order valence-corrected chi connectivity index (χ3v) is 9.95. The fourth-order valence-corrected chi connectivity index (χ4v) is 7.45. The summed E-state index contributed by atoms with van der Waals surface area (Å²) in [5.74, 6) is 0. The molecule has 0 spiro atoms. The number of benzene rings is 8. The molecule has 0 aliphatic rings. The van der Waals surface area contributed by atoms with E-state index in [1.54, 1.807) is 11.0 Å². The molecular formula is C47H30N4. The van der Waals surface area contributed by atoms with Crippen LogP contribution in [0.15, 0.2) is 182 Å². The van der Waals surface area contributed by atoms with E-state index in [2.05, 4.69) is 163 Å². The fraction of sp³-hybridized carbons (Fsp3) is 0. The average molecular weight is 651 g/mol. The van der Waals surface area contributed by atoms with Crippen molar-refractivity contribution in [3.63, 3.8) is 0 Å². The average Bonchev–Trinajstić information content (AvgIpc) is 3.64. The maximum absolute atomic E-state index is 4.90. The Kier molecular flexibility index (Phi) is 6.78. The van der Waals surface area contributed by atoms with Crippen molar-refractivity contribution < 1.29 is 0 Å². The second kappa shape index (κ2) is 11.9. The quantitative estimate of drug-likeness (QED) is 0.174. The van der Waals surface area contributed by atoms with Crippen LogP contribution in [0.5, 0.6) is 0 Å². The monoisotopic (exact) mass is 650 g/mol. The van der Waals surface area contributed by atoms with Gasteiger partial charge in [0, 0.05) is 12.4 Å². The van der Waals surface area contributed by atoms with Gasteiger partial charge in [-0.25, -0.2) is 0 Å². The third kappa shape index (κ3) is 5.04. The van der Waals surface area contributed by atoms with Gasteiger partial charge in [-0.05, 0) is 113 Å². The smallest absolute Gasteiger partial charge is 0.114 e. The summed E-state index contributed by atoms with van der Waals surface area (Å²) in [4.78, 5) is 5.99. The molecule has 4 heteroatoms. The van der Waals surface area contributed by atoms with Crippen molar-refractivity contribution in [3.8, 4) is 50.2 Å². The van der Waals surface area contributed by atoms with Crippen LogP contribution >= 0.6 is 0 Å². The van der Waals surface area contributed by atoms with Crippen LogP contribution in [0.4, 0.5) is 0 Å². The van der Waals surface area contributed by atoms with Crippen LogP contribution in [0, 0.1) is 0 Å². The van der Waals surface area contributed by atoms with Crippen LogP contribution in [0.2, 0.25) is 0 Å². The predicted octanol–water partition coefficient (Wildman–Crippen LogP) is 11.9. The standard InChI is InChI=1S/C47H30N4/c1-2-9-35-28-37(20-19-31(35)8-1)47-42-13-5-3-11-40(42)46(41-12-4-6-14-43(41)47)34-21-24-39(25-22-34)51-49-44-26-23-36(29-45(44)50-51)32-15-17-33(18-16-32)38-10-7-27-48-30-38/h1-30H. The Labute approximate surface area is 294 Å². The molecule has 238 valence electrons. The zero-order chi connectivity index (χ0) is 33.7. The van der Waals surface area contributed by atoms with Gasteiger partial charge in [0.25, 0.3) is 0 Å². The van der Waals surface area contributed by atoms with Gasteiger partial charge in [0.15, 0.2) is 0 Å². The topological polar surface area (TPSA) is 43.6 Å². The molecule has 10 rings (SSSR count). The lowest BCUT2D eigenvalue weighted by Crippen LogP contribution is -1.98. The molecule has 0 aliphatic heterocycles. The number of fused-ring (bicyclic) bond motifs is 4. The highest BCUT2D eigenvalue weighted by Crippen LogP contribution is 2.44. The summed E-state index contributed by atoms with van der Waals surface area (Å²) >= 11 is 0. The van der Waals surface area contributed by atoms with Gasteiger partial charge in [-0.1, -0.05) is 133 Å². The second-order valence-electron chi connectivity index (χ2n) is 13.0. The maximum Gasteiger partial charge on any atom is 0.114 e. The molecule has 0 bridgehead atoms. The van der Waals surface area contributed by atoms with Crippen LogP contribution in [0.25, 0.3) is 93.5 Å². The van der Waals surface area contributed by atoms with E-state index >= 15 is 0 Å². The van der Waals surface area contributed by atoms with Crippen molar-refractivity contribution in [2.75, 3.05) is 0 Å². The van der Waals surface area contributed by atoms with E-state index in [1.165, 1.54) is 49.0 Å². The van der Waals surface area contributed by atoms with E-state index < -0.39 is 0 Å². The minimum Gasteiger partial charge on any atom is -0.264 e. The molecule has 0 atom stereocenters. The lowest BCUT2D eigenvalue weighted by Gasteiger charge is -2.18. The predicted molar refractivity (Wildman–Crippen MR) is 211 cm³/mol. The van der Waals surface area contributed by atoms with Gasteiger partial charge in [-0.15, -0.1) is 10.2 Å². The van der Waals surface area contributed by atoms with Crippen molar-refractivity contribution >= 4 is 43.4 Å². The number of hydrogen-bond acceptors (Lipinski definition) is 3. The van der Waals surface area contributed by atoms with E-state index in [0.717, 1.165) is 44.5 Å². The van der Waals surface area contributed by atoms with Crippen LogP contribution in [0.3, 0.4) is 0 Å². The van der Waals surface area contributed by atoms with Crippen LogP contribution < -0.4 is 0 Å². The number of aromatic nitrogens is 4. The van der Waals surface area contributed by atoms with Crippen molar-refractivity contribution in [2.24, 2.45) is 0 Å². The molecule has 0 aliphatic carbocycles. The summed E-state index contributed by atoms with van der Waals surface area (Å²) in [6, 6.07) is 60.5. The molecule has 0 saturated carbocycles. The van der Waals surface area contributed by atoms with E-state index in [9.17, 15) is 0 Å². The fourth-order valence-electron chi connectivity index (χ4n) is 7.45. The van der Waals surface area contributed by atoms with Gasteiger partial charge in [-0.3, -0.25) is 4.98 Å². The number of hydrogen-bond donors (Lipinski definition) is 0. The molecule has 0 radical (unpaired) electrons. The largest absolute Gasteiger partial charge is 0.264 e. The van der Waals surface area contributed by atoms with E-state index in [4.69, 9.17) is 10.2 Å². The molecule has 0 N–H and O–H groups in total. The normalized spacial score (nSPS) is 11.5. The molecule has 2 heterocycles. The van der Waals surface area contributed by atoms with Crippen LogP contribution in [-0.2, 0) is 0 Å². The lowest BCUT2D eigenvalue weighted by atomic mass is 9.85. The summed E-state index contributed by atoms with van der Waals surface area (Å²) in [5.41, 5.74) is 12.0. The zero-order valence-corrected chi connectivity index (χ0v) is 27.6. The first kappa shape index (κ1) is 29.0. The molecule has 10 aromatic rings. The molecule has 8 aromatic carbocycles. The Hall–Kier alpha value is -6.91. The van der Waals surface area contributed by atoms with E-state index in [0.29, 0.717) is 0 Å². The van der Waals surface area contributed by atoms with Crippen LogP contribution in [-0.4, -0.2) is 20.0 Å². The van der Waals surface area contributed by atoms with Crippen molar-refractivity contribution in [1.82, 2.24) is 20.0 Å². The summed E-state index contributed by atoms with van der Waals surface area (Å²) in [5, 5.41) is 17.2. The second-order valence-corrected chi connectivity index (χ2v) is 13.0. The van der Waals surface area contributed by atoms with Gasteiger partial charge in [0.05, 0.1) is 5.69 Å². The van der Waals surface area contributed by atoms with Crippen LogP contribution in [0.1, 0.15) is 0 Å². The molecular weight excluding hydrogens is 621 g/mol. The minimum absolute atomic E-state index is 0.856. The van der Waals surface area contributed by atoms with Crippen molar-refractivity contribution in [1.29, 1.82) is 0 Å². The molecule has 4 nitrogen and oxygen atoms in total. The highest BCUT2D eigenvalue weighted by atomic mass is 15.5. The third-order valence-electron chi connectivity index (χ3n) is 9.95. The van der Waals surface area contributed by atoms with Gasteiger partial charge in [0.1, 0.15) is 11.0 Å².